The van der Waals surface area contributed by atoms with Crippen LogP contribution in [-0.2, 0) is 0 Å². The van der Waals surface area contributed by atoms with Gasteiger partial charge in [-0.05, 0) is 50.6 Å². The van der Waals surface area contributed by atoms with Crippen LogP contribution in [0.4, 0.5) is 5.69 Å². The molecule has 27 heavy (non-hydrogen) atoms. The molecule has 2 N–H and O–H groups in total. The molecule has 138 valence electrons. The monoisotopic (exact) mass is 427 g/mol. The van der Waals surface area contributed by atoms with Crippen molar-refractivity contribution in [3.8, 4) is 11.6 Å². The third-order valence-electron chi connectivity index (χ3n) is 4.03. The Bertz CT molecular complexity index is 1010. The number of Topliss-reactive ketones (excluding diaryl/α,β-unsaturated/α-hetero) is 1. The number of rotatable bonds is 5. The average molecular weight is 428 g/mol. The van der Waals surface area contributed by atoms with E-state index in [-0.39, 0.29) is 11.7 Å². The van der Waals surface area contributed by atoms with E-state index in [1.54, 1.807) is 26.0 Å². The molecule has 1 aromatic carbocycles. The van der Waals surface area contributed by atoms with E-state index in [0.29, 0.717) is 39.8 Å². The molecule has 0 saturated carbocycles. The van der Waals surface area contributed by atoms with Gasteiger partial charge in [0.2, 0.25) is 5.88 Å². The minimum Gasteiger partial charge on any atom is -0.439 e. The zero-order valence-corrected chi connectivity index (χ0v) is 16.7. The molecule has 0 aliphatic heterocycles. The molecule has 6 nitrogen and oxygen atoms in total. The highest BCUT2D eigenvalue weighted by atomic mass is 79.9. The zero-order valence-electron chi connectivity index (χ0n) is 15.1. The summed E-state index contributed by atoms with van der Waals surface area (Å²) >= 11 is 3.39. The number of hydrogen-bond acceptors (Lipinski definition) is 4. The largest absolute Gasteiger partial charge is 0.439 e. The fraction of sp³-hybridized carbons (Fsp3) is 0.150. The lowest BCUT2D eigenvalue weighted by atomic mass is 10.1. The highest BCUT2D eigenvalue weighted by Gasteiger charge is 2.19. The predicted octanol–water partition coefficient (Wildman–Crippen LogP) is 5.04. The molecule has 0 fully saturated rings. The first-order valence-electron chi connectivity index (χ1n) is 8.26. The Kier molecular flexibility index (Phi) is 5.41. The van der Waals surface area contributed by atoms with E-state index in [9.17, 15) is 9.59 Å². The summed E-state index contributed by atoms with van der Waals surface area (Å²) in [5.41, 5.74) is 2.77. The van der Waals surface area contributed by atoms with Crippen molar-refractivity contribution in [1.29, 1.82) is 0 Å². The molecule has 0 atom stereocenters. The van der Waals surface area contributed by atoms with Crippen LogP contribution in [0.5, 0.6) is 11.6 Å². The van der Waals surface area contributed by atoms with Gasteiger partial charge in [-0.25, -0.2) is 4.98 Å². The Morgan fingerprint density at radius 1 is 1.19 bits per heavy atom. The number of benzene rings is 1. The maximum Gasteiger partial charge on any atom is 0.272 e. The number of halogens is 1. The van der Waals surface area contributed by atoms with E-state index >= 15 is 0 Å². The first-order valence-corrected chi connectivity index (χ1v) is 9.05. The number of carbonyl (C=O) groups excluding carboxylic acids is 2. The summed E-state index contributed by atoms with van der Waals surface area (Å²) in [5, 5.41) is 2.77. The standard InChI is InChI=1S/C20H18BrN3O3/c1-11-18(13(3)25)12(2)23-19(11)20(26)24-15-7-8-17(22-10-15)27-16-6-4-5-14(21)9-16/h4-10,23H,1-3H3,(H,24,26). The summed E-state index contributed by atoms with van der Waals surface area (Å²) < 4.78 is 6.58. The van der Waals surface area contributed by atoms with Gasteiger partial charge in [-0.3, -0.25) is 9.59 Å². The first kappa shape index (κ1) is 18.8. The third-order valence-corrected chi connectivity index (χ3v) is 4.52. The number of anilines is 1. The van der Waals surface area contributed by atoms with Gasteiger partial charge >= 0.3 is 0 Å². The Labute approximate surface area is 165 Å². The molecule has 3 aromatic rings. The molecule has 0 aliphatic rings. The number of nitrogens with one attached hydrogen (secondary N) is 2. The molecule has 0 aliphatic carbocycles. The van der Waals surface area contributed by atoms with Gasteiger partial charge in [-0.15, -0.1) is 0 Å². The van der Waals surface area contributed by atoms with Crippen molar-refractivity contribution in [3.63, 3.8) is 0 Å². The Morgan fingerprint density at radius 3 is 2.56 bits per heavy atom. The fourth-order valence-electron chi connectivity index (χ4n) is 2.86. The van der Waals surface area contributed by atoms with Gasteiger partial charge in [0.25, 0.3) is 5.91 Å². The van der Waals surface area contributed by atoms with Crippen LogP contribution >= 0.6 is 15.9 Å². The van der Waals surface area contributed by atoms with Gasteiger partial charge in [0.1, 0.15) is 11.4 Å². The number of hydrogen-bond donors (Lipinski definition) is 2. The predicted molar refractivity (Wildman–Crippen MR) is 107 cm³/mol. The van der Waals surface area contributed by atoms with Crippen LogP contribution < -0.4 is 10.1 Å². The number of carbonyl (C=O) groups is 2. The second-order valence-corrected chi connectivity index (χ2v) is 7.00. The molecule has 3 rings (SSSR count). The lowest BCUT2D eigenvalue weighted by molar-refractivity contribution is 0.101. The topological polar surface area (TPSA) is 84.1 Å². The van der Waals surface area contributed by atoms with Crippen LogP contribution in [0.1, 0.15) is 39.0 Å². The van der Waals surface area contributed by atoms with Crippen LogP contribution in [0.3, 0.4) is 0 Å². The normalized spacial score (nSPS) is 10.5. The molecule has 0 spiro atoms. The van der Waals surface area contributed by atoms with Crippen molar-refractivity contribution in [2.45, 2.75) is 20.8 Å². The zero-order chi connectivity index (χ0) is 19.6. The number of ketones is 1. The maximum absolute atomic E-state index is 12.5. The highest BCUT2D eigenvalue weighted by Crippen LogP contribution is 2.24. The molecule has 0 saturated heterocycles. The Balaban J connectivity index is 1.72. The van der Waals surface area contributed by atoms with Crippen molar-refractivity contribution in [2.75, 3.05) is 5.32 Å². The smallest absolute Gasteiger partial charge is 0.272 e. The van der Waals surface area contributed by atoms with Gasteiger partial charge in [-0.1, -0.05) is 22.0 Å². The lowest BCUT2D eigenvalue weighted by Gasteiger charge is -2.07. The molecule has 0 radical (unpaired) electrons. The summed E-state index contributed by atoms with van der Waals surface area (Å²) in [6.07, 6.45) is 1.52. The van der Waals surface area contributed by atoms with Crippen LogP contribution in [0.25, 0.3) is 0 Å². The fourth-order valence-corrected chi connectivity index (χ4v) is 3.24. The van der Waals surface area contributed by atoms with Crippen molar-refractivity contribution in [3.05, 3.63) is 69.6 Å². The minimum absolute atomic E-state index is 0.0731. The van der Waals surface area contributed by atoms with Crippen LogP contribution in [0.2, 0.25) is 0 Å². The van der Waals surface area contributed by atoms with Crippen LogP contribution in [-0.4, -0.2) is 21.7 Å². The molecular formula is C20H18BrN3O3. The number of nitrogens with zero attached hydrogens (tertiary/aromatic N) is 1. The average Bonchev–Trinajstić information content (AvgIpc) is 2.91. The minimum atomic E-state index is -0.328. The van der Waals surface area contributed by atoms with E-state index in [2.05, 4.69) is 31.2 Å². The van der Waals surface area contributed by atoms with Crippen molar-refractivity contribution < 1.29 is 14.3 Å². The van der Waals surface area contributed by atoms with Crippen LogP contribution in [0, 0.1) is 13.8 Å². The molecule has 0 unspecified atom stereocenters. The summed E-state index contributed by atoms with van der Waals surface area (Å²) in [6, 6.07) is 10.8. The number of amides is 1. The second-order valence-electron chi connectivity index (χ2n) is 6.08. The van der Waals surface area contributed by atoms with E-state index in [1.807, 2.05) is 24.3 Å². The highest BCUT2D eigenvalue weighted by molar-refractivity contribution is 9.10. The Morgan fingerprint density at radius 2 is 1.96 bits per heavy atom. The molecule has 0 bridgehead atoms. The van der Waals surface area contributed by atoms with Gasteiger partial charge < -0.3 is 15.0 Å². The number of H-pyrrole nitrogens is 1. The van der Waals surface area contributed by atoms with Gasteiger partial charge in [0.15, 0.2) is 5.78 Å². The SMILES string of the molecule is CC(=O)c1c(C)[nH]c(C(=O)Nc2ccc(Oc3cccc(Br)c3)nc2)c1C. The summed E-state index contributed by atoms with van der Waals surface area (Å²) in [6.45, 7) is 5.01. The molecule has 2 aromatic heterocycles. The van der Waals surface area contributed by atoms with E-state index in [0.717, 1.165) is 4.47 Å². The van der Waals surface area contributed by atoms with Crippen molar-refractivity contribution in [2.24, 2.45) is 0 Å². The summed E-state index contributed by atoms with van der Waals surface area (Å²) in [5.74, 6) is 0.668. The number of aryl methyl sites for hydroxylation is 1. The van der Waals surface area contributed by atoms with Crippen molar-refractivity contribution >= 4 is 33.3 Å². The lowest BCUT2D eigenvalue weighted by Crippen LogP contribution is -2.14. The van der Waals surface area contributed by atoms with Crippen molar-refractivity contribution in [1.82, 2.24) is 9.97 Å². The molecular weight excluding hydrogens is 410 g/mol. The summed E-state index contributed by atoms with van der Waals surface area (Å²) in [4.78, 5) is 31.4. The van der Waals surface area contributed by atoms with E-state index in [1.165, 1.54) is 13.1 Å². The van der Waals surface area contributed by atoms with Gasteiger partial charge in [0, 0.05) is 21.8 Å². The summed E-state index contributed by atoms with van der Waals surface area (Å²) in [7, 11) is 0. The Hall–Kier alpha value is -2.93. The van der Waals surface area contributed by atoms with Gasteiger partial charge in [-0.2, -0.15) is 0 Å². The number of pyridine rings is 1. The third kappa shape index (κ3) is 4.25. The molecule has 1 amide bonds. The first-order chi connectivity index (χ1) is 12.8. The quantitative estimate of drug-likeness (QED) is 0.558. The number of aromatic amines is 1. The van der Waals surface area contributed by atoms with E-state index < -0.39 is 0 Å². The van der Waals surface area contributed by atoms with Crippen LogP contribution in [0.15, 0.2) is 47.1 Å². The number of aromatic nitrogens is 2. The van der Waals surface area contributed by atoms with Gasteiger partial charge in [0.05, 0.1) is 11.9 Å². The molecule has 2 heterocycles. The second kappa shape index (κ2) is 7.75. The maximum atomic E-state index is 12.5. The molecule has 7 heteroatoms. The number of ether oxygens (including phenoxy) is 1. The van der Waals surface area contributed by atoms with E-state index in [4.69, 9.17) is 4.74 Å².